The van der Waals surface area contributed by atoms with E-state index in [1.165, 1.54) is 30.1 Å². The summed E-state index contributed by atoms with van der Waals surface area (Å²) in [6.07, 6.45) is 9.06. The molecule has 3 aromatic rings. The number of nitrogens with zero attached hydrogens (tertiary/aromatic N) is 7. The Morgan fingerprint density at radius 1 is 1.10 bits per heavy atom. The molecule has 0 unspecified atom stereocenters. The van der Waals surface area contributed by atoms with Crippen molar-refractivity contribution in [1.29, 1.82) is 0 Å². The van der Waals surface area contributed by atoms with Crippen molar-refractivity contribution in [3.8, 4) is 17.2 Å². The van der Waals surface area contributed by atoms with Gasteiger partial charge in [-0.25, -0.2) is 14.4 Å². The largest absolute Gasteiger partial charge is 0.490 e. The molecule has 7 rings (SSSR count). The number of aromatic nitrogens is 3. The Kier molecular flexibility index (Phi) is 9.42. The number of pyridine rings is 1. The minimum absolute atomic E-state index is 0.0404. The third-order valence-corrected chi connectivity index (χ3v) is 10.6. The molecule has 1 amide bonds. The van der Waals surface area contributed by atoms with Crippen LogP contribution in [0.25, 0.3) is 0 Å². The van der Waals surface area contributed by atoms with E-state index in [0.717, 1.165) is 89.5 Å². The minimum Gasteiger partial charge on any atom is -0.490 e. The number of amides is 1. The van der Waals surface area contributed by atoms with E-state index in [9.17, 15) is 9.18 Å². The lowest BCUT2D eigenvalue weighted by molar-refractivity contribution is -0.0352. The predicted octanol–water partition coefficient (Wildman–Crippen LogP) is 4.68. The number of likely N-dealkylation sites (tertiary alicyclic amines) is 1. The summed E-state index contributed by atoms with van der Waals surface area (Å²) in [6, 6.07) is 6.00. The Bertz CT molecular complexity index is 1670. The monoisotopic (exact) mass is 692 g/mol. The van der Waals surface area contributed by atoms with Gasteiger partial charge in [-0.3, -0.25) is 19.6 Å². The first-order valence-corrected chi connectivity index (χ1v) is 17.8. The van der Waals surface area contributed by atoms with Crippen molar-refractivity contribution in [2.75, 3.05) is 57.3 Å². The standard InChI is InChI=1S/C36H46ClFN8O3/c1-4-46(24(2)3)34(47)27-14-25(38)6-7-30(27)49-32-17-40-23-42-33(32)45-19-35(20-45)15-26(16-35)48-31-8-10-41-29-9-13-43(18-28(29)31)11-5-12-44-21-36(37,39)22-44/h6-8,10,14,17,23-24,26H,4-5,9,11-13,15-16,18-22,39H2,1-3H3. The van der Waals surface area contributed by atoms with Crippen molar-refractivity contribution < 1.29 is 18.7 Å². The van der Waals surface area contributed by atoms with Crippen LogP contribution < -0.4 is 20.1 Å². The SMILES string of the molecule is CCN(C(=O)c1cc(F)ccc1Oc1cncnc1N1CC2(CC(Oc3ccnc4c3CN(CCCN3CC(N)(Cl)C3)CC4)C2)C1)C(C)C. The third kappa shape index (κ3) is 7.19. The van der Waals surface area contributed by atoms with Gasteiger partial charge in [0, 0.05) is 81.1 Å². The number of hydrogen-bond donors (Lipinski definition) is 1. The summed E-state index contributed by atoms with van der Waals surface area (Å²) in [6.45, 7) is 13.3. The van der Waals surface area contributed by atoms with Crippen LogP contribution in [0.4, 0.5) is 10.2 Å². The second kappa shape index (κ2) is 13.6. The zero-order chi connectivity index (χ0) is 34.3. The van der Waals surface area contributed by atoms with Gasteiger partial charge in [0.05, 0.1) is 11.8 Å². The molecule has 0 atom stereocenters. The number of hydrogen-bond acceptors (Lipinski definition) is 10. The van der Waals surface area contributed by atoms with Gasteiger partial charge in [0.2, 0.25) is 0 Å². The van der Waals surface area contributed by atoms with E-state index >= 15 is 0 Å². The number of alkyl halides is 1. The molecule has 49 heavy (non-hydrogen) atoms. The highest BCUT2D eigenvalue weighted by atomic mass is 35.5. The fourth-order valence-electron chi connectivity index (χ4n) is 7.88. The fraction of sp³-hybridized carbons (Fsp3) is 0.556. The minimum atomic E-state index is -0.546. The van der Waals surface area contributed by atoms with Gasteiger partial charge in [-0.1, -0.05) is 11.6 Å². The molecule has 13 heteroatoms. The van der Waals surface area contributed by atoms with Gasteiger partial charge in [0.1, 0.15) is 34.7 Å². The number of halogens is 2. The van der Waals surface area contributed by atoms with E-state index in [1.807, 2.05) is 33.0 Å². The molecule has 0 bridgehead atoms. The van der Waals surface area contributed by atoms with E-state index in [1.54, 1.807) is 11.1 Å². The van der Waals surface area contributed by atoms with Crippen LogP contribution >= 0.6 is 11.6 Å². The van der Waals surface area contributed by atoms with Gasteiger partial charge >= 0.3 is 0 Å². The van der Waals surface area contributed by atoms with Gasteiger partial charge in [-0.2, -0.15) is 0 Å². The molecule has 4 aliphatic rings. The maximum absolute atomic E-state index is 14.3. The quantitative estimate of drug-likeness (QED) is 0.212. The zero-order valence-electron chi connectivity index (χ0n) is 28.6. The summed E-state index contributed by atoms with van der Waals surface area (Å²) in [5.74, 6) is 1.55. The molecule has 2 aromatic heterocycles. The normalized spacial score (nSPS) is 19.9. The lowest BCUT2D eigenvalue weighted by atomic mass is 9.61. The van der Waals surface area contributed by atoms with Crippen LogP contribution in [-0.4, -0.2) is 105 Å². The first-order valence-electron chi connectivity index (χ1n) is 17.4. The molecule has 2 saturated heterocycles. The molecule has 1 spiro atoms. The number of anilines is 1. The summed E-state index contributed by atoms with van der Waals surface area (Å²) in [5.41, 5.74) is 8.63. The number of fused-ring (bicyclic) bond motifs is 1. The number of benzene rings is 1. The molecule has 3 fully saturated rings. The second-order valence-electron chi connectivity index (χ2n) is 14.5. The van der Waals surface area contributed by atoms with Crippen LogP contribution in [0.1, 0.15) is 61.6 Å². The molecule has 1 aliphatic carbocycles. The number of carbonyl (C=O) groups is 1. The summed E-state index contributed by atoms with van der Waals surface area (Å²) < 4.78 is 27.2. The van der Waals surface area contributed by atoms with Crippen molar-refractivity contribution in [3.63, 3.8) is 0 Å². The Labute approximate surface area is 292 Å². The van der Waals surface area contributed by atoms with E-state index in [4.69, 9.17) is 26.8 Å². The average molecular weight is 693 g/mol. The second-order valence-corrected chi connectivity index (χ2v) is 15.3. The van der Waals surface area contributed by atoms with Crippen LogP contribution in [0, 0.1) is 11.2 Å². The molecule has 2 N–H and O–H groups in total. The fourth-order valence-corrected chi connectivity index (χ4v) is 8.21. The number of rotatable bonds is 12. The van der Waals surface area contributed by atoms with Gasteiger partial charge in [0.15, 0.2) is 11.6 Å². The summed E-state index contributed by atoms with van der Waals surface area (Å²) in [5, 5.41) is 0. The van der Waals surface area contributed by atoms with Crippen LogP contribution in [-0.2, 0) is 13.0 Å². The van der Waals surface area contributed by atoms with Crippen LogP contribution in [0.5, 0.6) is 17.2 Å². The van der Waals surface area contributed by atoms with Gasteiger partial charge in [-0.05, 0) is 77.4 Å². The van der Waals surface area contributed by atoms with Gasteiger partial charge < -0.3 is 25.0 Å². The molecule has 3 aliphatic heterocycles. The lowest BCUT2D eigenvalue weighted by Crippen LogP contribution is -2.65. The Balaban J connectivity index is 0.945. The lowest BCUT2D eigenvalue weighted by Gasteiger charge is -2.59. The van der Waals surface area contributed by atoms with Gasteiger partial charge in [-0.15, -0.1) is 0 Å². The van der Waals surface area contributed by atoms with Crippen molar-refractivity contribution in [1.82, 2.24) is 29.7 Å². The Morgan fingerprint density at radius 3 is 2.61 bits per heavy atom. The highest BCUT2D eigenvalue weighted by Gasteiger charge is 2.54. The zero-order valence-corrected chi connectivity index (χ0v) is 29.3. The van der Waals surface area contributed by atoms with E-state index in [2.05, 4.69) is 29.7 Å². The van der Waals surface area contributed by atoms with E-state index in [0.29, 0.717) is 18.1 Å². The highest BCUT2D eigenvalue weighted by molar-refractivity contribution is 6.24. The van der Waals surface area contributed by atoms with Crippen molar-refractivity contribution in [2.24, 2.45) is 11.1 Å². The maximum atomic E-state index is 14.3. The smallest absolute Gasteiger partial charge is 0.257 e. The van der Waals surface area contributed by atoms with Crippen molar-refractivity contribution in [2.45, 2.75) is 70.1 Å². The number of nitrogens with two attached hydrogens (primary N) is 1. The molecular formula is C36H46ClFN8O3. The first kappa shape index (κ1) is 33.9. The van der Waals surface area contributed by atoms with E-state index in [-0.39, 0.29) is 34.8 Å². The molecule has 11 nitrogen and oxygen atoms in total. The number of carbonyl (C=O) groups excluding carboxylic acids is 1. The summed E-state index contributed by atoms with van der Waals surface area (Å²) in [4.78, 5) is 34.9. The molecule has 5 heterocycles. The highest BCUT2D eigenvalue weighted by Crippen LogP contribution is 2.52. The Morgan fingerprint density at radius 2 is 1.88 bits per heavy atom. The van der Waals surface area contributed by atoms with E-state index < -0.39 is 10.8 Å². The molecular weight excluding hydrogens is 647 g/mol. The molecule has 262 valence electrons. The van der Waals surface area contributed by atoms with Crippen molar-refractivity contribution in [3.05, 3.63) is 65.6 Å². The maximum Gasteiger partial charge on any atom is 0.257 e. The Hall–Kier alpha value is -3.58. The average Bonchev–Trinajstić information content (AvgIpc) is 3.02. The van der Waals surface area contributed by atoms with Crippen LogP contribution in [0.2, 0.25) is 0 Å². The van der Waals surface area contributed by atoms with Crippen LogP contribution in [0.15, 0.2) is 43.0 Å². The molecule has 1 saturated carbocycles. The predicted molar refractivity (Wildman–Crippen MR) is 186 cm³/mol. The van der Waals surface area contributed by atoms with Gasteiger partial charge in [0.25, 0.3) is 5.91 Å². The first-order chi connectivity index (χ1) is 23.5. The molecule has 1 aromatic carbocycles. The third-order valence-electron chi connectivity index (χ3n) is 10.3. The van der Waals surface area contributed by atoms with Crippen molar-refractivity contribution >= 4 is 23.3 Å². The van der Waals surface area contributed by atoms with Crippen LogP contribution in [0.3, 0.4) is 0 Å². The summed E-state index contributed by atoms with van der Waals surface area (Å²) in [7, 11) is 0. The summed E-state index contributed by atoms with van der Waals surface area (Å²) >= 11 is 6.17. The topological polar surface area (TPSA) is 113 Å². The molecule has 0 radical (unpaired) electrons. The number of ether oxygens (including phenoxy) is 2.